The molecule has 0 radical (unpaired) electrons. The summed E-state index contributed by atoms with van der Waals surface area (Å²) in [4.78, 5) is 20.8. The lowest BCUT2D eigenvalue weighted by atomic mass is 10.1. The lowest BCUT2D eigenvalue weighted by Crippen LogP contribution is -2.25. The van der Waals surface area contributed by atoms with Gasteiger partial charge in [-0.05, 0) is 25.3 Å². The Morgan fingerprint density at radius 1 is 1.35 bits per heavy atom. The maximum Gasteiger partial charge on any atom is 0.252 e. The van der Waals surface area contributed by atoms with Gasteiger partial charge in [-0.3, -0.25) is 13.6 Å². The van der Waals surface area contributed by atoms with Crippen molar-refractivity contribution < 1.29 is 4.21 Å². The van der Waals surface area contributed by atoms with Crippen LogP contribution in [-0.4, -0.2) is 25.0 Å². The summed E-state index contributed by atoms with van der Waals surface area (Å²) < 4.78 is 13.3. The average molecular weight is 293 g/mol. The Kier molecular flexibility index (Phi) is 4.32. The highest BCUT2D eigenvalue weighted by Crippen LogP contribution is 2.21. The monoisotopic (exact) mass is 293 g/mol. The van der Waals surface area contributed by atoms with E-state index in [2.05, 4.69) is 9.97 Å². The molecule has 0 saturated carbocycles. The van der Waals surface area contributed by atoms with Crippen molar-refractivity contribution >= 4 is 21.8 Å². The van der Waals surface area contributed by atoms with Crippen molar-refractivity contribution in [2.45, 2.75) is 44.8 Å². The van der Waals surface area contributed by atoms with Gasteiger partial charge in [-0.1, -0.05) is 13.8 Å². The van der Waals surface area contributed by atoms with Crippen LogP contribution >= 0.6 is 0 Å². The molecule has 0 N–H and O–H groups in total. The molecule has 1 atom stereocenters. The van der Waals surface area contributed by atoms with E-state index < -0.39 is 10.8 Å². The predicted octanol–water partition coefficient (Wildman–Crippen LogP) is 2.20. The Labute approximate surface area is 120 Å². The van der Waals surface area contributed by atoms with Crippen LogP contribution in [0.15, 0.2) is 22.2 Å². The molecule has 0 amide bonds. The zero-order chi connectivity index (χ0) is 14.9. The van der Waals surface area contributed by atoms with E-state index in [0.717, 1.165) is 23.8 Å². The first-order chi connectivity index (χ1) is 9.49. The minimum atomic E-state index is -1.26. The van der Waals surface area contributed by atoms with Gasteiger partial charge < -0.3 is 0 Å². The third-order valence-electron chi connectivity index (χ3n) is 3.54. The van der Waals surface area contributed by atoms with Crippen LogP contribution in [0.25, 0.3) is 11.0 Å². The average Bonchev–Trinajstić information content (AvgIpc) is 2.42. The van der Waals surface area contributed by atoms with Crippen LogP contribution in [0.4, 0.5) is 0 Å². The highest BCUT2D eigenvalue weighted by molar-refractivity contribution is 7.84. The minimum Gasteiger partial charge on any atom is -0.289 e. The van der Waals surface area contributed by atoms with E-state index in [9.17, 15) is 9.00 Å². The first kappa shape index (κ1) is 14.8. The molecule has 0 bridgehead atoms. The molecule has 0 spiro atoms. The number of nitrogens with zero attached hydrogens (tertiary/aromatic N) is 3. The molecule has 0 aliphatic rings. The largest absolute Gasteiger partial charge is 0.289 e. The van der Waals surface area contributed by atoms with Crippen molar-refractivity contribution in [1.82, 2.24) is 14.5 Å². The molecule has 0 fully saturated rings. The fraction of sp³-hybridized carbons (Fsp3) is 0.500. The summed E-state index contributed by atoms with van der Waals surface area (Å²) in [6.07, 6.45) is 4.90. The van der Waals surface area contributed by atoms with E-state index in [1.54, 1.807) is 16.8 Å². The summed E-state index contributed by atoms with van der Waals surface area (Å²) in [6, 6.07) is 1.71. The second kappa shape index (κ2) is 5.83. The minimum absolute atomic E-state index is 0.0600. The van der Waals surface area contributed by atoms with Crippen LogP contribution in [0.3, 0.4) is 0 Å². The SMILES string of the molecule is CCC(CC)n1c(=O)cc(C)c2cnc(S(C)=O)nc21. The summed E-state index contributed by atoms with van der Waals surface area (Å²) in [6.45, 7) is 5.96. The smallest absolute Gasteiger partial charge is 0.252 e. The topological polar surface area (TPSA) is 64.8 Å². The van der Waals surface area contributed by atoms with Gasteiger partial charge in [-0.15, -0.1) is 0 Å². The first-order valence-electron chi connectivity index (χ1n) is 6.71. The Hall–Kier alpha value is -1.56. The molecule has 2 aromatic rings. The highest BCUT2D eigenvalue weighted by Gasteiger charge is 2.16. The maximum absolute atomic E-state index is 12.3. The summed E-state index contributed by atoms with van der Waals surface area (Å²) in [5, 5.41) is 1.10. The normalized spacial score (nSPS) is 13.1. The van der Waals surface area contributed by atoms with Crippen molar-refractivity contribution in [3.63, 3.8) is 0 Å². The molecular weight excluding hydrogens is 274 g/mol. The lowest BCUT2D eigenvalue weighted by molar-refractivity contribution is 0.468. The van der Waals surface area contributed by atoms with E-state index >= 15 is 0 Å². The molecule has 2 aromatic heterocycles. The fourth-order valence-corrected chi connectivity index (χ4v) is 2.82. The molecule has 5 nitrogen and oxygen atoms in total. The molecule has 0 saturated heterocycles. The van der Waals surface area contributed by atoms with Crippen LogP contribution < -0.4 is 5.56 Å². The summed E-state index contributed by atoms with van der Waals surface area (Å²) in [5.41, 5.74) is 1.37. The molecule has 20 heavy (non-hydrogen) atoms. The Morgan fingerprint density at radius 3 is 2.55 bits per heavy atom. The van der Waals surface area contributed by atoms with E-state index in [1.807, 2.05) is 20.8 Å². The van der Waals surface area contributed by atoms with Crippen LogP contribution in [-0.2, 0) is 10.8 Å². The van der Waals surface area contributed by atoms with Crippen molar-refractivity contribution in [3.05, 3.63) is 28.2 Å². The van der Waals surface area contributed by atoms with Gasteiger partial charge in [0.2, 0.25) is 5.16 Å². The Balaban J connectivity index is 2.87. The number of rotatable bonds is 4. The van der Waals surface area contributed by atoms with Crippen LogP contribution in [0.1, 0.15) is 38.3 Å². The Morgan fingerprint density at radius 2 is 2.00 bits per heavy atom. The predicted molar refractivity (Wildman–Crippen MR) is 80.5 cm³/mol. The summed E-state index contributed by atoms with van der Waals surface area (Å²) in [5.74, 6) is 0. The number of fused-ring (bicyclic) bond motifs is 1. The molecular formula is C14H19N3O2S. The number of pyridine rings is 1. The van der Waals surface area contributed by atoms with Crippen molar-refractivity contribution in [3.8, 4) is 0 Å². The number of aryl methyl sites for hydroxylation is 1. The second-order valence-corrected chi connectivity index (χ2v) is 6.12. The second-order valence-electron chi connectivity index (χ2n) is 4.85. The maximum atomic E-state index is 12.3. The van der Waals surface area contributed by atoms with Crippen molar-refractivity contribution in [1.29, 1.82) is 0 Å². The zero-order valence-corrected chi connectivity index (χ0v) is 13.0. The lowest BCUT2D eigenvalue weighted by Gasteiger charge is -2.19. The van der Waals surface area contributed by atoms with Gasteiger partial charge in [-0.25, -0.2) is 9.97 Å². The molecule has 0 aliphatic heterocycles. The van der Waals surface area contributed by atoms with Gasteiger partial charge in [0, 0.05) is 29.9 Å². The highest BCUT2D eigenvalue weighted by atomic mass is 32.2. The fourth-order valence-electron chi connectivity index (χ4n) is 2.40. The van der Waals surface area contributed by atoms with E-state index in [0.29, 0.717) is 5.65 Å². The molecule has 0 aromatic carbocycles. The van der Waals surface area contributed by atoms with Crippen molar-refractivity contribution in [2.24, 2.45) is 0 Å². The Bertz CT molecular complexity index is 720. The molecule has 0 aliphatic carbocycles. The molecule has 108 valence electrons. The number of hydrogen-bond donors (Lipinski definition) is 0. The first-order valence-corrected chi connectivity index (χ1v) is 8.27. The van der Waals surface area contributed by atoms with Crippen LogP contribution in [0.5, 0.6) is 0 Å². The molecule has 6 heteroatoms. The van der Waals surface area contributed by atoms with Gasteiger partial charge in [-0.2, -0.15) is 0 Å². The number of hydrogen-bond acceptors (Lipinski definition) is 4. The summed E-state index contributed by atoms with van der Waals surface area (Å²) >= 11 is 0. The molecule has 2 rings (SSSR count). The third kappa shape index (κ3) is 2.52. The van der Waals surface area contributed by atoms with Crippen LogP contribution in [0.2, 0.25) is 0 Å². The quantitative estimate of drug-likeness (QED) is 0.811. The van der Waals surface area contributed by atoms with E-state index in [-0.39, 0.29) is 16.8 Å². The van der Waals surface area contributed by atoms with E-state index in [1.165, 1.54) is 6.26 Å². The van der Waals surface area contributed by atoms with Gasteiger partial charge in [0.25, 0.3) is 5.56 Å². The van der Waals surface area contributed by atoms with Gasteiger partial charge in [0.05, 0.1) is 10.8 Å². The van der Waals surface area contributed by atoms with Gasteiger partial charge >= 0.3 is 0 Å². The third-order valence-corrected chi connectivity index (χ3v) is 4.25. The molecule has 2 heterocycles. The summed E-state index contributed by atoms with van der Waals surface area (Å²) in [7, 11) is -1.26. The van der Waals surface area contributed by atoms with Gasteiger partial charge in [0.1, 0.15) is 5.65 Å². The zero-order valence-electron chi connectivity index (χ0n) is 12.2. The standard InChI is InChI=1S/C14H19N3O2S/c1-5-10(6-2)17-12(18)7-9(3)11-8-15-14(20(4)19)16-13(11)17/h7-8,10H,5-6H2,1-4H3. The van der Waals surface area contributed by atoms with Crippen molar-refractivity contribution in [2.75, 3.05) is 6.26 Å². The molecule has 1 unspecified atom stereocenters. The van der Waals surface area contributed by atoms with Gasteiger partial charge in [0.15, 0.2) is 0 Å². The van der Waals surface area contributed by atoms with E-state index in [4.69, 9.17) is 0 Å². The number of aromatic nitrogens is 3. The van der Waals surface area contributed by atoms with Crippen LogP contribution in [0, 0.1) is 6.92 Å².